The van der Waals surface area contributed by atoms with Gasteiger partial charge in [0.1, 0.15) is 11.0 Å². The van der Waals surface area contributed by atoms with E-state index in [4.69, 9.17) is 11.6 Å². The number of rotatable bonds is 2. The number of piperazine rings is 1. The highest BCUT2D eigenvalue weighted by Gasteiger charge is 2.17. The van der Waals surface area contributed by atoms with Crippen molar-refractivity contribution in [2.45, 2.75) is 0 Å². The normalized spacial score (nSPS) is 16.4. The smallest absolute Gasteiger partial charge is 0.163 e. The summed E-state index contributed by atoms with van der Waals surface area (Å²) < 4.78 is 0. The van der Waals surface area contributed by atoms with Crippen molar-refractivity contribution in [2.24, 2.45) is 0 Å². The Morgan fingerprint density at radius 2 is 1.70 bits per heavy atom. The van der Waals surface area contributed by atoms with E-state index in [9.17, 15) is 0 Å². The fourth-order valence-corrected chi connectivity index (χ4v) is 2.50. The quantitative estimate of drug-likeness (QED) is 0.795. The Kier molecular flexibility index (Phi) is 3.85. The lowest BCUT2D eigenvalue weighted by molar-refractivity contribution is 0.312. The number of benzene rings is 1. The van der Waals surface area contributed by atoms with Crippen molar-refractivity contribution in [1.29, 1.82) is 0 Å². The lowest BCUT2D eigenvalue weighted by Crippen LogP contribution is -2.44. The first kappa shape index (κ1) is 13.3. The molecule has 1 fully saturated rings. The summed E-state index contributed by atoms with van der Waals surface area (Å²) in [6.45, 7) is 4.03. The van der Waals surface area contributed by atoms with Crippen molar-refractivity contribution in [3.05, 3.63) is 41.6 Å². The van der Waals surface area contributed by atoms with Gasteiger partial charge in [-0.2, -0.15) is 0 Å². The van der Waals surface area contributed by atoms with Crippen LogP contribution in [0.5, 0.6) is 0 Å². The summed E-state index contributed by atoms with van der Waals surface area (Å²) in [4.78, 5) is 13.6. The van der Waals surface area contributed by atoms with Crippen LogP contribution in [0.15, 0.2) is 36.4 Å². The van der Waals surface area contributed by atoms with E-state index >= 15 is 0 Å². The highest BCUT2D eigenvalue weighted by Crippen LogP contribution is 2.23. The number of hydrogen-bond donors (Lipinski definition) is 0. The molecule has 1 aromatic heterocycles. The number of likely N-dealkylation sites (N-methyl/N-ethyl adjacent to an activating group) is 1. The highest BCUT2D eigenvalue weighted by molar-refractivity contribution is 6.29. The molecule has 1 saturated heterocycles. The number of aromatic nitrogens is 2. The van der Waals surface area contributed by atoms with Gasteiger partial charge >= 0.3 is 0 Å². The maximum atomic E-state index is 6.16. The fraction of sp³-hybridized carbons (Fsp3) is 0.333. The van der Waals surface area contributed by atoms with Crippen molar-refractivity contribution in [1.82, 2.24) is 14.9 Å². The number of nitrogens with zero attached hydrogens (tertiary/aromatic N) is 4. The van der Waals surface area contributed by atoms with Crippen molar-refractivity contribution >= 4 is 17.4 Å². The van der Waals surface area contributed by atoms with Crippen LogP contribution in [-0.4, -0.2) is 48.1 Å². The Hall–Kier alpha value is -1.65. The molecule has 2 aromatic rings. The van der Waals surface area contributed by atoms with E-state index < -0.39 is 0 Å². The van der Waals surface area contributed by atoms with E-state index in [0.29, 0.717) is 11.0 Å². The SMILES string of the molecule is CN1CCN(c2cc(Cl)nc(-c3ccccc3)n2)CC1. The zero-order chi connectivity index (χ0) is 13.9. The zero-order valence-electron chi connectivity index (χ0n) is 11.5. The number of hydrogen-bond acceptors (Lipinski definition) is 4. The maximum absolute atomic E-state index is 6.16. The van der Waals surface area contributed by atoms with Crippen LogP contribution in [0.25, 0.3) is 11.4 Å². The molecule has 0 aliphatic carbocycles. The molecule has 1 aliphatic heterocycles. The van der Waals surface area contributed by atoms with Crippen LogP contribution in [-0.2, 0) is 0 Å². The highest BCUT2D eigenvalue weighted by atomic mass is 35.5. The van der Waals surface area contributed by atoms with Gasteiger partial charge in [0.15, 0.2) is 5.82 Å². The molecule has 0 spiro atoms. The van der Waals surface area contributed by atoms with E-state index in [0.717, 1.165) is 37.6 Å². The summed E-state index contributed by atoms with van der Waals surface area (Å²) in [7, 11) is 2.14. The van der Waals surface area contributed by atoms with Crippen LogP contribution in [0.1, 0.15) is 0 Å². The van der Waals surface area contributed by atoms with Gasteiger partial charge in [-0.05, 0) is 7.05 Å². The molecule has 1 aliphatic rings. The molecule has 0 radical (unpaired) electrons. The van der Waals surface area contributed by atoms with Gasteiger partial charge in [0.05, 0.1) is 0 Å². The van der Waals surface area contributed by atoms with Crippen LogP contribution in [0.2, 0.25) is 5.15 Å². The van der Waals surface area contributed by atoms with Gasteiger partial charge in [-0.15, -0.1) is 0 Å². The molecule has 0 amide bonds. The monoisotopic (exact) mass is 288 g/mol. The molecular weight excluding hydrogens is 272 g/mol. The minimum absolute atomic E-state index is 0.493. The molecule has 0 unspecified atom stereocenters. The van der Waals surface area contributed by atoms with Gasteiger partial charge in [-0.25, -0.2) is 9.97 Å². The second kappa shape index (κ2) is 5.77. The van der Waals surface area contributed by atoms with Crippen LogP contribution >= 0.6 is 11.6 Å². The summed E-state index contributed by atoms with van der Waals surface area (Å²) in [5, 5.41) is 0.493. The van der Waals surface area contributed by atoms with E-state index in [1.54, 1.807) is 0 Å². The number of anilines is 1. The standard InChI is InChI=1S/C15H17ClN4/c1-19-7-9-20(10-8-19)14-11-13(16)17-15(18-14)12-5-3-2-4-6-12/h2-6,11H,7-10H2,1H3. The molecule has 3 rings (SSSR count). The van der Waals surface area contributed by atoms with Crippen LogP contribution in [0.3, 0.4) is 0 Å². The van der Waals surface area contributed by atoms with Gasteiger partial charge in [0.25, 0.3) is 0 Å². The van der Waals surface area contributed by atoms with E-state index in [1.165, 1.54) is 0 Å². The molecular formula is C15H17ClN4. The van der Waals surface area contributed by atoms with E-state index in [-0.39, 0.29) is 0 Å². The van der Waals surface area contributed by atoms with Crippen LogP contribution < -0.4 is 4.90 Å². The third-order valence-corrected chi connectivity index (χ3v) is 3.73. The summed E-state index contributed by atoms with van der Waals surface area (Å²) in [6, 6.07) is 11.8. The average Bonchev–Trinajstić information content (AvgIpc) is 2.48. The Morgan fingerprint density at radius 3 is 2.40 bits per heavy atom. The van der Waals surface area contributed by atoms with Crippen molar-refractivity contribution in [3.63, 3.8) is 0 Å². The van der Waals surface area contributed by atoms with Gasteiger partial charge in [-0.1, -0.05) is 41.9 Å². The Balaban J connectivity index is 1.91. The first-order valence-corrected chi connectivity index (χ1v) is 7.14. The van der Waals surface area contributed by atoms with Crippen molar-refractivity contribution < 1.29 is 0 Å². The summed E-state index contributed by atoms with van der Waals surface area (Å²) in [6.07, 6.45) is 0. The molecule has 0 saturated carbocycles. The Labute approximate surface area is 124 Å². The van der Waals surface area contributed by atoms with Gasteiger partial charge in [-0.3, -0.25) is 0 Å². The third-order valence-electron chi connectivity index (χ3n) is 3.54. The first-order valence-electron chi connectivity index (χ1n) is 6.76. The van der Waals surface area contributed by atoms with Gasteiger partial charge in [0, 0.05) is 37.8 Å². The summed E-state index contributed by atoms with van der Waals surface area (Å²) in [5.74, 6) is 1.60. The van der Waals surface area contributed by atoms with Gasteiger partial charge < -0.3 is 9.80 Å². The zero-order valence-corrected chi connectivity index (χ0v) is 12.2. The second-order valence-corrected chi connectivity index (χ2v) is 5.42. The molecule has 20 heavy (non-hydrogen) atoms. The third kappa shape index (κ3) is 2.92. The van der Waals surface area contributed by atoms with E-state index in [1.807, 2.05) is 36.4 Å². The predicted molar refractivity (Wildman–Crippen MR) is 82.2 cm³/mol. The largest absolute Gasteiger partial charge is 0.354 e. The molecule has 5 heteroatoms. The lowest BCUT2D eigenvalue weighted by Gasteiger charge is -2.33. The summed E-state index contributed by atoms with van der Waals surface area (Å²) in [5.41, 5.74) is 0.991. The molecule has 4 nitrogen and oxygen atoms in total. The molecule has 104 valence electrons. The predicted octanol–water partition coefficient (Wildman–Crippen LogP) is 2.55. The fourth-order valence-electron chi connectivity index (χ4n) is 2.32. The maximum Gasteiger partial charge on any atom is 0.163 e. The van der Waals surface area contributed by atoms with Gasteiger partial charge in [0.2, 0.25) is 0 Å². The molecule has 1 aromatic carbocycles. The van der Waals surface area contributed by atoms with Crippen molar-refractivity contribution in [2.75, 3.05) is 38.1 Å². The molecule has 0 atom stereocenters. The van der Waals surface area contributed by atoms with Crippen LogP contribution in [0.4, 0.5) is 5.82 Å². The van der Waals surface area contributed by atoms with Crippen LogP contribution in [0, 0.1) is 0 Å². The first-order chi connectivity index (χ1) is 9.72. The Morgan fingerprint density at radius 1 is 1.00 bits per heavy atom. The summed E-state index contributed by atoms with van der Waals surface area (Å²) >= 11 is 6.16. The minimum atomic E-state index is 0.493. The van der Waals surface area contributed by atoms with E-state index in [2.05, 4.69) is 26.8 Å². The Bertz CT molecular complexity index is 580. The van der Waals surface area contributed by atoms with Crippen molar-refractivity contribution in [3.8, 4) is 11.4 Å². The average molecular weight is 289 g/mol. The lowest BCUT2D eigenvalue weighted by atomic mass is 10.2. The number of halogens is 1. The molecule has 0 bridgehead atoms. The minimum Gasteiger partial charge on any atom is -0.354 e. The second-order valence-electron chi connectivity index (χ2n) is 5.03. The topological polar surface area (TPSA) is 32.3 Å². The molecule has 2 heterocycles. The molecule has 0 N–H and O–H groups in total.